The molecule has 1 aromatic rings. The van der Waals surface area contributed by atoms with Crippen molar-refractivity contribution in [2.45, 2.75) is 13.0 Å². The standard InChI is InChI=1S/C13H21FN2O/c1-17-9-8-16(7-3-6-15)11-12-4-2-5-13(14)10-12/h2,4-5,10H,3,6-9,11,15H2,1H3. The number of halogens is 1. The minimum Gasteiger partial charge on any atom is -0.383 e. The molecule has 0 aliphatic rings. The predicted octanol–water partition coefficient (Wildman–Crippen LogP) is 1.62. The van der Waals surface area contributed by atoms with Crippen LogP contribution in [0.15, 0.2) is 24.3 Å². The fraction of sp³-hybridized carbons (Fsp3) is 0.538. The molecule has 0 amide bonds. The van der Waals surface area contributed by atoms with E-state index < -0.39 is 0 Å². The van der Waals surface area contributed by atoms with Crippen LogP contribution in [0.3, 0.4) is 0 Å². The van der Waals surface area contributed by atoms with Crippen molar-refractivity contribution >= 4 is 0 Å². The van der Waals surface area contributed by atoms with Crippen LogP contribution in [0.5, 0.6) is 0 Å². The van der Waals surface area contributed by atoms with E-state index in [0.717, 1.165) is 31.6 Å². The molecule has 0 radical (unpaired) electrons. The van der Waals surface area contributed by atoms with Gasteiger partial charge in [-0.15, -0.1) is 0 Å². The smallest absolute Gasteiger partial charge is 0.123 e. The summed E-state index contributed by atoms with van der Waals surface area (Å²) < 4.78 is 18.1. The highest BCUT2D eigenvalue weighted by Crippen LogP contribution is 2.07. The highest BCUT2D eigenvalue weighted by Gasteiger charge is 2.05. The number of hydrogen-bond acceptors (Lipinski definition) is 3. The van der Waals surface area contributed by atoms with Gasteiger partial charge in [0.05, 0.1) is 6.61 Å². The third-order valence-corrected chi connectivity index (χ3v) is 2.59. The Labute approximate surface area is 102 Å². The first kappa shape index (κ1) is 14.1. The van der Waals surface area contributed by atoms with Crippen LogP contribution in [0.1, 0.15) is 12.0 Å². The molecule has 2 N–H and O–H groups in total. The van der Waals surface area contributed by atoms with Gasteiger partial charge in [-0.05, 0) is 37.2 Å². The van der Waals surface area contributed by atoms with Crippen LogP contribution in [0, 0.1) is 5.82 Å². The maximum atomic E-state index is 13.1. The van der Waals surface area contributed by atoms with Crippen LogP contribution in [0.2, 0.25) is 0 Å². The van der Waals surface area contributed by atoms with E-state index in [-0.39, 0.29) is 5.82 Å². The molecule has 0 bridgehead atoms. The van der Waals surface area contributed by atoms with E-state index >= 15 is 0 Å². The third kappa shape index (κ3) is 5.77. The lowest BCUT2D eigenvalue weighted by molar-refractivity contribution is 0.143. The van der Waals surface area contributed by atoms with Gasteiger partial charge in [0, 0.05) is 20.2 Å². The second kappa shape index (κ2) is 8.17. The number of hydrogen-bond donors (Lipinski definition) is 1. The van der Waals surface area contributed by atoms with Gasteiger partial charge in [0.2, 0.25) is 0 Å². The molecule has 4 heteroatoms. The number of nitrogens with two attached hydrogens (primary N) is 1. The van der Waals surface area contributed by atoms with Crippen LogP contribution in [-0.4, -0.2) is 38.3 Å². The summed E-state index contributed by atoms with van der Waals surface area (Å²) >= 11 is 0. The Morgan fingerprint density at radius 2 is 2.18 bits per heavy atom. The van der Waals surface area contributed by atoms with E-state index in [4.69, 9.17) is 10.5 Å². The van der Waals surface area contributed by atoms with Crippen LogP contribution in [0.4, 0.5) is 4.39 Å². The van der Waals surface area contributed by atoms with Gasteiger partial charge in [-0.1, -0.05) is 12.1 Å². The molecule has 0 fully saturated rings. The monoisotopic (exact) mass is 240 g/mol. The third-order valence-electron chi connectivity index (χ3n) is 2.59. The fourth-order valence-electron chi connectivity index (χ4n) is 1.70. The van der Waals surface area contributed by atoms with Crippen molar-refractivity contribution < 1.29 is 9.13 Å². The Morgan fingerprint density at radius 1 is 1.35 bits per heavy atom. The first-order chi connectivity index (χ1) is 8.26. The van der Waals surface area contributed by atoms with Crippen molar-refractivity contribution in [1.82, 2.24) is 4.90 Å². The van der Waals surface area contributed by atoms with Crippen LogP contribution >= 0.6 is 0 Å². The molecule has 0 saturated carbocycles. The molecule has 0 heterocycles. The first-order valence-electron chi connectivity index (χ1n) is 5.92. The molecule has 0 aliphatic heterocycles. The van der Waals surface area contributed by atoms with Gasteiger partial charge in [0.1, 0.15) is 5.82 Å². The van der Waals surface area contributed by atoms with E-state index in [1.54, 1.807) is 19.2 Å². The summed E-state index contributed by atoms with van der Waals surface area (Å²) in [5.74, 6) is -0.187. The summed E-state index contributed by atoms with van der Waals surface area (Å²) in [5, 5.41) is 0. The van der Waals surface area contributed by atoms with Gasteiger partial charge in [-0.3, -0.25) is 4.90 Å². The number of nitrogens with zero attached hydrogens (tertiary/aromatic N) is 1. The van der Waals surface area contributed by atoms with E-state index in [9.17, 15) is 4.39 Å². The van der Waals surface area contributed by atoms with Gasteiger partial charge in [-0.25, -0.2) is 4.39 Å². The molecule has 0 spiro atoms. The minimum atomic E-state index is -0.187. The maximum Gasteiger partial charge on any atom is 0.123 e. The lowest BCUT2D eigenvalue weighted by Gasteiger charge is -2.21. The summed E-state index contributed by atoms with van der Waals surface area (Å²) in [6, 6.07) is 6.71. The SMILES string of the molecule is COCCN(CCCN)Cc1cccc(F)c1. The second-order valence-corrected chi connectivity index (χ2v) is 4.04. The van der Waals surface area contributed by atoms with Crippen molar-refractivity contribution in [1.29, 1.82) is 0 Å². The first-order valence-corrected chi connectivity index (χ1v) is 5.92. The van der Waals surface area contributed by atoms with Crippen LogP contribution < -0.4 is 5.73 Å². The maximum absolute atomic E-state index is 13.1. The molecule has 1 aromatic carbocycles. The molecule has 0 unspecified atom stereocenters. The van der Waals surface area contributed by atoms with E-state index in [0.29, 0.717) is 13.2 Å². The highest BCUT2D eigenvalue weighted by atomic mass is 19.1. The largest absolute Gasteiger partial charge is 0.383 e. The Balaban J connectivity index is 2.51. The molecular formula is C13H21FN2O. The van der Waals surface area contributed by atoms with Gasteiger partial charge < -0.3 is 10.5 Å². The van der Waals surface area contributed by atoms with E-state index in [1.165, 1.54) is 6.07 Å². The zero-order valence-corrected chi connectivity index (χ0v) is 10.4. The summed E-state index contributed by atoms with van der Waals surface area (Å²) in [6.07, 6.45) is 0.943. The van der Waals surface area contributed by atoms with Gasteiger partial charge in [-0.2, -0.15) is 0 Å². The summed E-state index contributed by atoms with van der Waals surface area (Å²) in [5.41, 5.74) is 6.49. The second-order valence-electron chi connectivity index (χ2n) is 4.04. The van der Waals surface area contributed by atoms with Crippen LogP contribution in [-0.2, 0) is 11.3 Å². The Morgan fingerprint density at radius 3 is 2.82 bits per heavy atom. The average Bonchev–Trinajstić information content (AvgIpc) is 2.32. The molecule has 1 rings (SSSR count). The van der Waals surface area contributed by atoms with Crippen molar-refractivity contribution in [2.75, 3.05) is 33.4 Å². The Hall–Kier alpha value is -0.970. The molecule has 17 heavy (non-hydrogen) atoms. The molecule has 0 saturated heterocycles. The zero-order valence-electron chi connectivity index (χ0n) is 10.4. The quantitative estimate of drug-likeness (QED) is 0.750. The Bertz CT molecular complexity index is 312. The Kier molecular flexibility index (Phi) is 6.77. The van der Waals surface area contributed by atoms with Gasteiger partial charge in [0.15, 0.2) is 0 Å². The number of benzene rings is 1. The summed E-state index contributed by atoms with van der Waals surface area (Å²) in [4.78, 5) is 2.23. The van der Waals surface area contributed by atoms with Gasteiger partial charge in [0.25, 0.3) is 0 Å². The number of rotatable bonds is 8. The minimum absolute atomic E-state index is 0.187. The topological polar surface area (TPSA) is 38.5 Å². The lowest BCUT2D eigenvalue weighted by atomic mass is 10.2. The van der Waals surface area contributed by atoms with Crippen LogP contribution in [0.25, 0.3) is 0 Å². The fourth-order valence-corrected chi connectivity index (χ4v) is 1.70. The molecule has 96 valence electrons. The molecule has 0 aliphatic carbocycles. The number of methoxy groups -OCH3 is 1. The van der Waals surface area contributed by atoms with Crippen molar-refractivity contribution in [3.8, 4) is 0 Å². The summed E-state index contributed by atoms with van der Waals surface area (Å²) in [7, 11) is 1.68. The summed E-state index contributed by atoms with van der Waals surface area (Å²) in [6.45, 7) is 3.84. The van der Waals surface area contributed by atoms with Crippen molar-refractivity contribution in [3.63, 3.8) is 0 Å². The highest BCUT2D eigenvalue weighted by molar-refractivity contribution is 5.16. The molecule has 0 atom stereocenters. The van der Waals surface area contributed by atoms with E-state index in [2.05, 4.69) is 4.90 Å². The lowest BCUT2D eigenvalue weighted by Crippen LogP contribution is -2.29. The molecule has 0 aromatic heterocycles. The van der Waals surface area contributed by atoms with Gasteiger partial charge >= 0.3 is 0 Å². The average molecular weight is 240 g/mol. The van der Waals surface area contributed by atoms with Crippen molar-refractivity contribution in [2.24, 2.45) is 5.73 Å². The number of ether oxygens (including phenoxy) is 1. The zero-order chi connectivity index (χ0) is 12.5. The normalized spacial score (nSPS) is 11.1. The predicted molar refractivity (Wildman–Crippen MR) is 67.2 cm³/mol. The molecular weight excluding hydrogens is 219 g/mol. The molecule has 3 nitrogen and oxygen atoms in total. The van der Waals surface area contributed by atoms with Crippen molar-refractivity contribution in [3.05, 3.63) is 35.6 Å². The van der Waals surface area contributed by atoms with E-state index in [1.807, 2.05) is 6.07 Å².